The number of allylic oxidation sites excluding steroid dienone is 1. The van der Waals surface area contributed by atoms with Crippen molar-refractivity contribution in [3.8, 4) is 0 Å². The van der Waals surface area contributed by atoms with Gasteiger partial charge in [0.15, 0.2) is 0 Å². The van der Waals surface area contributed by atoms with Crippen molar-refractivity contribution in [1.29, 1.82) is 0 Å². The molecule has 1 rings (SSSR count). The van der Waals surface area contributed by atoms with Gasteiger partial charge >= 0.3 is 0 Å². The van der Waals surface area contributed by atoms with Crippen molar-refractivity contribution in [3.05, 3.63) is 25.3 Å². The van der Waals surface area contributed by atoms with Gasteiger partial charge in [-0.2, -0.15) is 0 Å². The maximum atomic E-state index is 10.4. The standard InChI is InChI=1S/C7H3Br2ClOS/c8-5-3-4(12-7(5)9)1-2-6(10)11/h1-3H/b2-1+. The van der Waals surface area contributed by atoms with E-state index in [1.54, 1.807) is 6.08 Å². The molecule has 1 heterocycles. The second-order valence-corrected chi connectivity index (χ2v) is 5.54. The van der Waals surface area contributed by atoms with Crippen LogP contribution in [0, 0.1) is 0 Å². The highest BCUT2D eigenvalue weighted by Crippen LogP contribution is 2.32. The Hall–Kier alpha value is 0.360. The highest BCUT2D eigenvalue weighted by atomic mass is 79.9. The topological polar surface area (TPSA) is 17.1 Å². The fraction of sp³-hybridized carbons (Fsp3) is 0. The molecular formula is C7H3Br2ClOS. The van der Waals surface area contributed by atoms with Gasteiger partial charge in [0.25, 0.3) is 0 Å². The predicted molar refractivity (Wildman–Crippen MR) is 59.6 cm³/mol. The van der Waals surface area contributed by atoms with Crippen LogP contribution in [0.2, 0.25) is 0 Å². The van der Waals surface area contributed by atoms with Crippen molar-refractivity contribution in [2.75, 3.05) is 0 Å². The largest absolute Gasteiger partial charge is 0.276 e. The molecule has 1 nitrogen and oxygen atoms in total. The Balaban J connectivity index is 2.83. The third-order valence-corrected chi connectivity index (χ3v) is 4.39. The molecule has 0 saturated heterocycles. The van der Waals surface area contributed by atoms with Crippen molar-refractivity contribution in [3.63, 3.8) is 0 Å². The number of hydrogen-bond donors (Lipinski definition) is 0. The average molecular weight is 330 g/mol. The molecule has 0 aliphatic heterocycles. The van der Waals surface area contributed by atoms with Crippen molar-refractivity contribution >= 4 is 66.1 Å². The molecule has 0 N–H and O–H groups in total. The number of carbonyl (C=O) groups is 1. The minimum atomic E-state index is -0.462. The van der Waals surface area contributed by atoms with Crippen LogP contribution in [-0.2, 0) is 4.79 Å². The first-order valence-electron chi connectivity index (χ1n) is 2.92. The van der Waals surface area contributed by atoms with Crippen molar-refractivity contribution in [2.24, 2.45) is 0 Å². The lowest BCUT2D eigenvalue weighted by Gasteiger charge is -1.78. The summed E-state index contributed by atoms with van der Waals surface area (Å²) in [6.07, 6.45) is 3.00. The van der Waals surface area contributed by atoms with E-state index in [1.807, 2.05) is 6.07 Å². The fourth-order valence-electron chi connectivity index (χ4n) is 0.593. The molecule has 0 fully saturated rings. The Morgan fingerprint density at radius 1 is 1.58 bits per heavy atom. The van der Waals surface area contributed by atoms with Gasteiger partial charge in [-0.25, -0.2) is 0 Å². The van der Waals surface area contributed by atoms with Crippen LogP contribution >= 0.6 is 54.8 Å². The first kappa shape index (κ1) is 10.4. The normalized spacial score (nSPS) is 10.9. The molecule has 0 unspecified atom stereocenters. The third kappa shape index (κ3) is 3.01. The smallest absolute Gasteiger partial charge is 0.245 e. The number of thiophene rings is 1. The van der Waals surface area contributed by atoms with Gasteiger partial charge in [-0.3, -0.25) is 4.79 Å². The summed E-state index contributed by atoms with van der Waals surface area (Å²) < 4.78 is 1.98. The molecule has 64 valence electrons. The fourth-order valence-corrected chi connectivity index (χ4v) is 2.65. The third-order valence-electron chi connectivity index (χ3n) is 1.04. The van der Waals surface area contributed by atoms with E-state index in [0.29, 0.717) is 0 Å². The van der Waals surface area contributed by atoms with Crippen LogP contribution in [0.15, 0.2) is 20.4 Å². The maximum absolute atomic E-state index is 10.4. The van der Waals surface area contributed by atoms with Gasteiger partial charge in [0.05, 0.1) is 3.79 Å². The molecule has 12 heavy (non-hydrogen) atoms. The van der Waals surface area contributed by atoms with Gasteiger partial charge in [-0.15, -0.1) is 11.3 Å². The molecule has 0 spiro atoms. The molecule has 1 aromatic heterocycles. The molecule has 0 radical (unpaired) electrons. The number of hydrogen-bond acceptors (Lipinski definition) is 2. The van der Waals surface area contributed by atoms with Crippen LogP contribution in [0.3, 0.4) is 0 Å². The lowest BCUT2D eigenvalue weighted by atomic mass is 10.4. The molecule has 0 amide bonds. The summed E-state index contributed by atoms with van der Waals surface area (Å²) in [5, 5.41) is -0.462. The molecule has 0 aliphatic carbocycles. The Kier molecular flexibility index (Phi) is 3.96. The second-order valence-electron chi connectivity index (χ2n) is 1.91. The van der Waals surface area contributed by atoms with E-state index < -0.39 is 5.24 Å². The monoisotopic (exact) mass is 328 g/mol. The van der Waals surface area contributed by atoms with Crippen LogP contribution in [0.5, 0.6) is 0 Å². The molecule has 0 saturated carbocycles. The lowest BCUT2D eigenvalue weighted by molar-refractivity contribution is -0.107. The van der Waals surface area contributed by atoms with Crippen molar-refractivity contribution in [1.82, 2.24) is 0 Å². The van der Waals surface area contributed by atoms with E-state index in [0.717, 1.165) is 13.1 Å². The summed E-state index contributed by atoms with van der Waals surface area (Å²) in [7, 11) is 0. The minimum Gasteiger partial charge on any atom is -0.276 e. The van der Waals surface area contributed by atoms with E-state index in [9.17, 15) is 4.79 Å². The van der Waals surface area contributed by atoms with Crippen LogP contribution in [0.1, 0.15) is 4.88 Å². The summed E-state index contributed by atoms with van der Waals surface area (Å²) in [6.45, 7) is 0. The van der Waals surface area contributed by atoms with Crippen LogP contribution in [-0.4, -0.2) is 5.24 Å². The molecule has 0 aromatic carbocycles. The minimum absolute atomic E-state index is 0.462. The molecule has 0 atom stereocenters. The number of halogens is 3. The Bertz CT molecular complexity index is 313. The Labute approximate surface area is 95.7 Å². The predicted octanol–water partition coefficient (Wildman–Crippen LogP) is 4.05. The second kappa shape index (κ2) is 4.56. The maximum Gasteiger partial charge on any atom is 0.245 e. The molecule has 0 aliphatic rings. The van der Waals surface area contributed by atoms with Gasteiger partial charge < -0.3 is 0 Å². The zero-order valence-corrected chi connectivity index (χ0v) is 10.4. The van der Waals surface area contributed by atoms with E-state index in [-0.39, 0.29) is 0 Å². The van der Waals surface area contributed by atoms with Crippen molar-refractivity contribution < 1.29 is 4.79 Å². The Morgan fingerprint density at radius 2 is 2.25 bits per heavy atom. The molecule has 0 bridgehead atoms. The van der Waals surface area contributed by atoms with Crippen LogP contribution in [0.4, 0.5) is 0 Å². The Morgan fingerprint density at radius 3 is 2.67 bits per heavy atom. The van der Waals surface area contributed by atoms with Gasteiger partial charge in [0, 0.05) is 9.35 Å². The average Bonchev–Trinajstić information content (AvgIpc) is 2.28. The van der Waals surface area contributed by atoms with Crippen LogP contribution in [0.25, 0.3) is 6.08 Å². The first-order valence-corrected chi connectivity index (χ1v) is 5.70. The molecule has 5 heteroatoms. The van der Waals surface area contributed by atoms with E-state index in [2.05, 4.69) is 31.9 Å². The first-order chi connectivity index (χ1) is 5.59. The summed E-state index contributed by atoms with van der Waals surface area (Å²) >= 11 is 13.3. The zero-order chi connectivity index (χ0) is 9.14. The van der Waals surface area contributed by atoms with E-state index >= 15 is 0 Å². The SMILES string of the molecule is O=C(Cl)/C=C/c1cc(Br)c(Br)s1. The highest BCUT2D eigenvalue weighted by molar-refractivity contribution is 9.13. The number of rotatable bonds is 2. The van der Waals surface area contributed by atoms with Crippen LogP contribution < -0.4 is 0 Å². The molecule has 1 aromatic rings. The van der Waals surface area contributed by atoms with Crippen molar-refractivity contribution in [2.45, 2.75) is 0 Å². The van der Waals surface area contributed by atoms with Gasteiger partial charge in [-0.1, -0.05) is 0 Å². The van der Waals surface area contributed by atoms with E-state index in [1.165, 1.54) is 17.4 Å². The molecular weight excluding hydrogens is 327 g/mol. The van der Waals surface area contributed by atoms with Gasteiger partial charge in [0.1, 0.15) is 0 Å². The summed E-state index contributed by atoms with van der Waals surface area (Å²) in [4.78, 5) is 11.3. The van der Waals surface area contributed by atoms with Gasteiger partial charge in [0.2, 0.25) is 5.24 Å². The summed E-state index contributed by atoms with van der Waals surface area (Å²) in [5.41, 5.74) is 0. The summed E-state index contributed by atoms with van der Waals surface area (Å²) in [6, 6.07) is 1.91. The highest BCUT2D eigenvalue weighted by Gasteiger charge is 2.00. The zero-order valence-electron chi connectivity index (χ0n) is 5.68. The van der Waals surface area contributed by atoms with Gasteiger partial charge in [-0.05, 0) is 61.7 Å². The van der Waals surface area contributed by atoms with E-state index in [4.69, 9.17) is 11.6 Å². The summed E-state index contributed by atoms with van der Waals surface area (Å²) in [5.74, 6) is 0. The quantitative estimate of drug-likeness (QED) is 0.590. The number of carbonyl (C=O) groups excluding carboxylic acids is 1. The lowest BCUT2D eigenvalue weighted by Crippen LogP contribution is -1.72.